The van der Waals surface area contributed by atoms with Crippen molar-refractivity contribution in [2.45, 2.75) is 43.0 Å². The van der Waals surface area contributed by atoms with Crippen molar-refractivity contribution in [1.82, 2.24) is 9.88 Å². The minimum Gasteiger partial charge on any atom is -0.346 e. The fourth-order valence-corrected chi connectivity index (χ4v) is 3.11. The molecule has 6 nitrogen and oxygen atoms in total. The lowest BCUT2D eigenvalue weighted by Crippen LogP contribution is -2.44. The largest absolute Gasteiger partial charge is 0.346 e. The average Bonchev–Trinajstić information content (AvgIpc) is 2.84. The Morgan fingerprint density at radius 2 is 2.00 bits per heavy atom. The second kappa shape index (κ2) is 4.64. The van der Waals surface area contributed by atoms with E-state index in [0.717, 1.165) is 25.7 Å². The molecule has 3 N–H and O–H groups in total. The van der Waals surface area contributed by atoms with Crippen molar-refractivity contribution in [3.05, 3.63) is 18.0 Å². The fourth-order valence-electron chi connectivity index (χ4n) is 2.53. The first kappa shape index (κ1) is 14.1. The second-order valence-electron chi connectivity index (χ2n) is 5.44. The van der Waals surface area contributed by atoms with Crippen LogP contribution in [0, 0.1) is 0 Å². The van der Waals surface area contributed by atoms with Gasteiger partial charge in [0.1, 0.15) is 10.6 Å². The fraction of sp³-hybridized carbons (Fsp3) is 0.583. The van der Waals surface area contributed by atoms with Gasteiger partial charge in [-0.15, -0.1) is 0 Å². The minimum atomic E-state index is -3.78. The van der Waals surface area contributed by atoms with Crippen molar-refractivity contribution in [2.75, 3.05) is 0 Å². The van der Waals surface area contributed by atoms with Crippen molar-refractivity contribution >= 4 is 15.9 Å². The Morgan fingerprint density at radius 1 is 1.42 bits per heavy atom. The van der Waals surface area contributed by atoms with Crippen molar-refractivity contribution < 1.29 is 13.2 Å². The summed E-state index contributed by atoms with van der Waals surface area (Å²) in [5.74, 6) is -0.262. The summed E-state index contributed by atoms with van der Waals surface area (Å²) >= 11 is 0. The van der Waals surface area contributed by atoms with Gasteiger partial charge in [0.15, 0.2) is 0 Å². The Bertz CT molecular complexity index is 598. The number of carbonyl (C=O) groups excluding carboxylic acids is 1. The molecule has 1 fully saturated rings. The van der Waals surface area contributed by atoms with Gasteiger partial charge in [-0.1, -0.05) is 12.8 Å². The molecule has 1 heterocycles. The lowest BCUT2D eigenvalue weighted by atomic mass is 10.0. The molecular weight excluding hydrogens is 266 g/mol. The zero-order valence-electron chi connectivity index (χ0n) is 11.1. The zero-order chi connectivity index (χ0) is 14.3. The second-order valence-corrected chi connectivity index (χ2v) is 7.00. The molecule has 0 radical (unpaired) electrons. The Morgan fingerprint density at radius 3 is 2.47 bits per heavy atom. The van der Waals surface area contributed by atoms with Crippen LogP contribution < -0.4 is 10.5 Å². The topological polar surface area (TPSA) is 94.2 Å². The molecule has 106 valence electrons. The number of primary sulfonamides is 1. The highest BCUT2D eigenvalue weighted by atomic mass is 32.2. The third-order valence-corrected chi connectivity index (χ3v) is 4.54. The molecule has 19 heavy (non-hydrogen) atoms. The first-order valence-electron chi connectivity index (χ1n) is 6.23. The lowest BCUT2D eigenvalue weighted by Gasteiger charge is -2.25. The van der Waals surface area contributed by atoms with Crippen LogP contribution in [0.2, 0.25) is 0 Å². The molecule has 0 bridgehead atoms. The van der Waals surface area contributed by atoms with Crippen molar-refractivity contribution in [2.24, 2.45) is 12.2 Å². The summed E-state index contributed by atoms with van der Waals surface area (Å²) in [4.78, 5) is 12.2. The molecule has 1 aliphatic rings. The molecule has 7 heteroatoms. The summed E-state index contributed by atoms with van der Waals surface area (Å²) in [5.41, 5.74) is 0.112. The van der Waals surface area contributed by atoms with E-state index >= 15 is 0 Å². The normalized spacial score (nSPS) is 18.5. The number of aryl methyl sites for hydroxylation is 1. The van der Waals surface area contributed by atoms with Gasteiger partial charge in [0.2, 0.25) is 10.0 Å². The monoisotopic (exact) mass is 285 g/mol. The number of aromatic nitrogens is 1. The van der Waals surface area contributed by atoms with Crippen LogP contribution in [0.1, 0.15) is 43.1 Å². The van der Waals surface area contributed by atoms with E-state index in [1.165, 1.54) is 16.8 Å². The molecule has 0 aromatic carbocycles. The van der Waals surface area contributed by atoms with E-state index in [1.54, 1.807) is 7.05 Å². The van der Waals surface area contributed by atoms with E-state index in [0.29, 0.717) is 5.69 Å². The first-order chi connectivity index (χ1) is 8.71. The third kappa shape index (κ3) is 2.98. The molecule has 0 unspecified atom stereocenters. The molecule has 1 amide bonds. The Kier molecular flexibility index (Phi) is 3.44. The summed E-state index contributed by atoms with van der Waals surface area (Å²) in [7, 11) is -2.16. The number of nitrogens with two attached hydrogens (primary N) is 1. The number of hydrogen-bond acceptors (Lipinski definition) is 3. The molecule has 0 atom stereocenters. The van der Waals surface area contributed by atoms with Crippen LogP contribution in [0.5, 0.6) is 0 Å². The average molecular weight is 285 g/mol. The summed E-state index contributed by atoms with van der Waals surface area (Å²) in [5, 5.41) is 8.04. The predicted octanol–water partition coefficient (Wildman–Crippen LogP) is 0.735. The highest BCUT2D eigenvalue weighted by Crippen LogP contribution is 2.29. The summed E-state index contributed by atoms with van der Waals surface area (Å²) in [6.07, 6.45) is 5.45. The Balaban J connectivity index is 2.22. The number of amides is 1. The molecule has 2 rings (SSSR count). The summed E-state index contributed by atoms with van der Waals surface area (Å²) < 4.78 is 24.0. The summed E-state index contributed by atoms with van der Waals surface area (Å²) in [6.45, 7) is 2.02. The maximum atomic E-state index is 12.2. The molecule has 1 saturated carbocycles. The number of nitrogens with zero attached hydrogens (tertiary/aromatic N) is 1. The van der Waals surface area contributed by atoms with Gasteiger partial charge in [-0.3, -0.25) is 4.79 Å². The molecule has 0 saturated heterocycles. The number of nitrogens with one attached hydrogen (secondary N) is 1. The number of carbonyl (C=O) groups is 1. The van der Waals surface area contributed by atoms with Crippen LogP contribution in [-0.2, 0) is 17.1 Å². The van der Waals surface area contributed by atoms with Crippen LogP contribution in [0.4, 0.5) is 0 Å². The van der Waals surface area contributed by atoms with Gasteiger partial charge in [0, 0.05) is 18.8 Å². The Labute approximate surface area is 113 Å². The molecule has 1 aromatic heterocycles. The quantitative estimate of drug-likeness (QED) is 0.857. The van der Waals surface area contributed by atoms with E-state index < -0.39 is 10.0 Å². The van der Waals surface area contributed by atoms with Gasteiger partial charge in [-0.05, 0) is 25.8 Å². The van der Waals surface area contributed by atoms with Crippen LogP contribution in [0.25, 0.3) is 0 Å². The van der Waals surface area contributed by atoms with E-state index in [2.05, 4.69) is 5.32 Å². The van der Waals surface area contributed by atoms with Gasteiger partial charge in [0.25, 0.3) is 5.91 Å². The molecule has 1 aromatic rings. The van der Waals surface area contributed by atoms with Gasteiger partial charge < -0.3 is 9.88 Å². The smallest absolute Gasteiger partial charge is 0.268 e. The van der Waals surface area contributed by atoms with Gasteiger partial charge in [-0.2, -0.15) is 0 Å². The minimum absolute atomic E-state index is 0.0447. The number of sulfonamides is 1. The standard InChI is InChI=1S/C12H19N3O3S/c1-12(5-3-4-6-12)14-11(16)10-7-9(8-15(10)2)19(13,17)18/h7-8H,3-6H2,1-2H3,(H,14,16)(H2,13,17,18). The number of rotatable bonds is 3. The van der Waals surface area contributed by atoms with Crippen molar-refractivity contribution in [3.63, 3.8) is 0 Å². The van der Waals surface area contributed by atoms with Crippen LogP contribution in [-0.4, -0.2) is 24.4 Å². The molecular formula is C12H19N3O3S. The van der Waals surface area contributed by atoms with E-state index in [9.17, 15) is 13.2 Å². The van der Waals surface area contributed by atoms with Crippen LogP contribution >= 0.6 is 0 Å². The first-order valence-corrected chi connectivity index (χ1v) is 7.78. The van der Waals surface area contributed by atoms with Crippen molar-refractivity contribution in [3.8, 4) is 0 Å². The van der Waals surface area contributed by atoms with Crippen molar-refractivity contribution in [1.29, 1.82) is 0 Å². The maximum Gasteiger partial charge on any atom is 0.268 e. The van der Waals surface area contributed by atoms with Crippen LogP contribution in [0.3, 0.4) is 0 Å². The van der Waals surface area contributed by atoms with Gasteiger partial charge >= 0.3 is 0 Å². The molecule has 1 aliphatic carbocycles. The predicted molar refractivity (Wildman–Crippen MR) is 71.1 cm³/mol. The van der Waals surface area contributed by atoms with Gasteiger partial charge in [0.05, 0.1) is 0 Å². The van der Waals surface area contributed by atoms with E-state index in [4.69, 9.17) is 5.14 Å². The molecule has 0 aliphatic heterocycles. The Hall–Kier alpha value is -1.34. The summed E-state index contributed by atoms with van der Waals surface area (Å²) in [6, 6.07) is 1.31. The highest BCUT2D eigenvalue weighted by molar-refractivity contribution is 7.89. The van der Waals surface area contributed by atoms with Crippen LogP contribution in [0.15, 0.2) is 17.2 Å². The lowest BCUT2D eigenvalue weighted by molar-refractivity contribution is 0.0899. The zero-order valence-corrected chi connectivity index (χ0v) is 12.0. The van der Waals surface area contributed by atoms with Gasteiger partial charge in [-0.25, -0.2) is 13.6 Å². The SMILES string of the molecule is Cn1cc(S(N)(=O)=O)cc1C(=O)NC1(C)CCCC1. The maximum absolute atomic E-state index is 12.2. The molecule has 0 spiro atoms. The number of hydrogen-bond donors (Lipinski definition) is 2. The highest BCUT2D eigenvalue weighted by Gasteiger charge is 2.31. The van der Waals surface area contributed by atoms with E-state index in [-0.39, 0.29) is 16.3 Å². The van der Waals surface area contributed by atoms with E-state index in [1.807, 2.05) is 6.92 Å². The third-order valence-electron chi connectivity index (χ3n) is 3.66.